The van der Waals surface area contributed by atoms with Crippen molar-refractivity contribution in [2.45, 2.75) is 31.1 Å². The van der Waals surface area contributed by atoms with Crippen LogP contribution in [0.15, 0.2) is 24.3 Å². The maximum Gasteiger partial charge on any atom is 0.441 e. The number of alkyl halides is 9. The molecule has 2 rings (SSSR count). The van der Waals surface area contributed by atoms with E-state index in [2.05, 4.69) is 9.47 Å². The summed E-state index contributed by atoms with van der Waals surface area (Å²) in [4.78, 5) is 11.9. The van der Waals surface area contributed by atoms with Crippen molar-refractivity contribution in [1.82, 2.24) is 0 Å². The van der Waals surface area contributed by atoms with Gasteiger partial charge in [0.1, 0.15) is 5.75 Å². The summed E-state index contributed by atoms with van der Waals surface area (Å²) >= 11 is 0. The molecule has 0 radical (unpaired) electrons. The first kappa shape index (κ1) is 20.9. The van der Waals surface area contributed by atoms with Gasteiger partial charge in [0.05, 0.1) is 17.7 Å². The molecule has 1 aliphatic heterocycles. The van der Waals surface area contributed by atoms with Crippen molar-refractivity contribution in [3.8, 4) is 5.75 Å². The van der Waals surface area contributed by atoms with Crippen LogP contribution in [-0.2, 0) is 15.7 Å². The van der Waals surface area contributed by atoms with Crippen LogP contribution in [-0.4, -0.2) is 30.5 Å². The highest BCUT2D eigenvalue weighted by molar-refractivity contribution is 6.18. The summed E-state index contributed by atoms with van der Waals surface area (Å²) in [5.74, 6) is -2.84. The van der Waals surface area contributed by atoms with Gasteiger partial charge in [-0.3, -0.25) is 0 Å². The van der Waals surface area contributed by atoms with Gasteiger partial charge in [-0.1, -0.05) is 0 Å². The van der Waals surface area contributed by atoms with E-state index in [9.17, 15) is 44.3 Å². The van der Waals surface area contributed by atoms with Gasteiger partial charge in [0, 0.05) is 5.56 Å². The van der Waals surface area contributed by atoms with Crippen molar-refractivity contribution in [1.29, 1.82) is 0 Å². The fraction of sp³-hybridized carbons (Fsp3) is 0.400. The second kappa shape index (κ2) is 6.34. The molecule has 0 aliphatic carbocycles. The highest BCUT2D eigenvalue weighted by Crippen LogP contribution is 2.52. The summed E-state index contributed by atoms with van der Waals surface area (Å²) in [5.41, 5.74) is -8.55. The molecule has 0 saturated heterocycles. The lowest BCUT2D eigenvalue weighted by atomic mass is 9.90. The highest BCUT2D eigenvalue weighted by Gasteiger charge is 2.74. The predicted molar refractivity (Wildman–Crippen MR) is 71.5 cm³/mol. The Morgan fingerprint density at radius 3 is 2.04 bits per heavy atom. The molecule has 0 fully saturated rings. The smallest absolute Gasteiger partial charge is 0.441 e. The van der Waals surface area contributed by atoms with Gasteiger partial charge >= 0.3 is 30.1 Å². The maximum absolute atomic E-state index is 13.3. The summed E-state index contributed by atoms with van der Waals surface area (Å²) in [6, 6.07) is 0.746. The molecule has 0 saturated carbocycles. The van der Waals surface area contributed by atoms with E-state index in [0.717, 1.165) is 0 Å². The molecule has 0 amide bonds. The van der Waals surface area contributed by atoms with Crippen LogP contribution in [0, 0.1) is 0 Å². The summed E-state index contributed by atoms with van der Waals surface area (Å²) < 4.78 is 126. The Labute approximate surface area is 145 Å². The van der Waals surface area contributed by atoms with E-state index >= 15 is 0 Å². The van der Waals surface area contributed by atoms with Crippen LogP contribution >= 0.6 is 0 Å². The predicted octanol–water partition coefficient (Wildman–Crippen LogP) is 4.91. The minimum atomic E-state index is -6.07. The van der Waals surface area contributed by atoms with Gasteiger partial charge in [-0.15, -0.1) is 0 Å². The molecule has 1 heterocycles. The van der Waals surface area contributed by atoms with Gasteiger partial charge in [-0.2, -0.15) is 39.5 Å². The third kappa shape index (κ3) is 3.56. The zero-order valence-electron chi connectivity index (χ0n) is 13.1. The second-order valence-corrected chi connectivity index (χ2v) is 5.32. The molecule has 1 aliphatic rings. The summed E-state index contributed by atoms with van der Waals surface area (Å²) in [7, 11) is 0. The first-order valence-corrected chi connectivity index (χ1v) is 7.08. The molecule has 0 spiro atoms. The van der Waals surface area contributed by atoms with Crippen LogP contribution in [0.1, 0.15) is 18.1 Å². The summed E-state index contributed by atoms with van der Waals surface area (Å²) in [5, 5.41) is 0. The lowest BCUT2D eigenvalue weighted by Crippen LogP contribution is -2.60. The van der Waals surface area contributed by atoms with Crippen LogP contribution in [0.2, 0.25) is 0 Å². The topological polar surface area (TPSA) is 35.5 Å². The van der Waals surface area contributed by atoms with Gasteiger partial charge < -0.3 is 9.47 Å². The minimum Gasteiger partial charge on any atom is -0.464 e. The van der Waals surface area contributed by atoms with Gasteiger partial charge in [-0.05, 0) is 31.2 Å². The normalized spacial score (nSPS) is 16.9. The monoisotopic (exact) mass is 408 g/mol. The van der Waals surface area contributed by atoms with Crippen LogP contribution in [0.4, 0.5) is 39.5 Å². The zero-order chi connectivity index (χ0) is 20.8. The Morgan fingerprint density at radius 1 is 1.04 bits per heavy atom. The lowest BCUT2D eigenvalue weighted by Gasteiger charge is -2.38. The molecular weight excluding hydrogens is 399 g/mol. The summed E-state index contributed by atoms with van der Waals surface area (Å²) in [6.07, 6.45) is -17.7. The molecule has 150 valence electrons. The SMILES string of the molecule is CCOC(=O)C1=CC(C(F)(F)F)(C(F)(F)F)Oc2ccc(C(F)(F)F)cc21. The third-order valence-corrected chi connectivity index (χ3v) is 3.55. The van der Waals surface area contributed by atoms with Crippen molar-refractivity contribution in [3.63, 3.8) is 0 Å². The third-order valence-electron chi connectivity index (χ3n) is 3.55. The van der Waals surface area contributed by atoms with Crippen molar-refractivity contribution in [2.24, 2.45) is 0 Å². The lowest BCUT2D eigenvalue weighted by molar-refractivity contribution is -0.338. The average Bonchev–Trinajstić information content (AvgIpc) is 2.50. The van der Waals surface area contributed by atoms with Gasteiger partial charge in [0.2, 0.25) is 0 Å². The first-order chi connectivity index (χ1) is 12.1. The van der Waals surface area contributed by atoms with Gasteiger partial charge in [0.25, 0.3) is 0 Å². The molecule has 12 heteroatoms. The molecule has 27 heavy (non-hydrogen) atoms. The molecular formula is C15H9F9O3. The number of ether oxygens (including phenoxy) is 2. The van der Waals surface area contributed by atoms with Crippen LogP contribution < -0.4 is 4.74 Å². The van der Waals surface area contributed by atoms with Crippen molar-refractivity contribution < 1.29 is 53.8 Å². The van der Waals surface area contributed by atoms with E-state index in [1.165, 1.54) is 6.92 Å². The van der Waals surface area contributed by atoms with E-state index in [4.69, 9.17) is 0 Å². The number of hydrogen-bond donors (Lipinski definition) is 0. The Bertz CT molecular complexity index is 758. The van der Waals surface area contributed by atoms with Crippen molar-refractivity contribution in [3.05, 3.63) is 35.4 Å². The van der Waals surface area contributed by atoms with E-state index in [1.54, 1.807) is 0 Å². The first-order valence-electron chi connectivity index (χ1n) is 7.08. The number of hydrogen-bond acceptors (Lipinski definition) is 3. The zero-order valence-corrected chi connectivity index (χ0v) is 13.1. The molecule has 0 unspecified atom stereocenters. The van der Waals surface area contributed by atoms with Crippen LogP contribution in [0.3, 0.4) is 0 Å². The Balaban J connectivity index is 2.80. The highest BCUT2D eigenvalue weighted by atomic mass is 19.4. The van der Waals surface area contributed by atoms with E-state index < -0.39 is 65.2 Å². The van der Waals surface area contributed by atoms with Crippen LogP contribution in [0.5, 0.6) is 5.75 Å². The average molecular weight is 408 g/mol. The number of benzene rings is 1. The summed E-state index contributed by atoms with van der Waals surface area (Å²) in [6.45, 7) is 0.780. The standard InChI is InChI=1S/C15H9F9O3/c1-2-26-11(25)9-6-12(14(19,20)21,15(22,23)24)27-10-4-3-7(5-8(9)10)13(16,17)18/h3-6H,2H2,1H3. The van der Waals surface area contributed by atoms with Gasteiger partial charge in [-0.25, -0.2) is 4.79 Å². The van der Waals surface area contributed by atoms with Crippen molar-refractivity contribution >= 4 is 11.5 Å². The van der Waals surface area contributed by atoms with Crippen molar-refractivity contribution in [2.75, 3.05) is 6.61 Å². The number of esters is 1. The molecule has 0 N–H and O–H groups in total. The van der Waals surface area contributed by atoms with E-state index in [0.29, 0.717) is 0 Å². The molecule has 3 nitrogen and oxygen atoms in total. The maximum atomic E-state index is 13.3. The Kier molecular flexibility index (Phi) is 4.91. The molecule has 1 aromatic rings. The largest absolute Gasteiger partial charge is 0.464 e. The fourth-order valence-electron chi connectivity index (χ4n) is 2.31. The molecule has 1 aromatic carbocycles. The number of halogens is 9. The quantitative estimate of drug-likeness (QED) is 0.516. The fourth-order valence-corrected chi connectivity index (χ4v) is 2.31. The minimum absolute atomic E-state index is 0.217. The number of carbonyl (C=O) groups excluding carboxylic acids is 1. The molecule has 0 atom stereocenters. The molecule has 0 aromatic heterocycles. The van der Waals surface area contributed by atoms with Gasteiger partial charge in [0.15, 0.2) is 0 Å². The Hall–Kier alpha value is -2.40. The Morgan fingerprint density at radius 2 is 1.59 bits per heavy atom. The second-order valence-electron chi connectivity index (χ2n) is 5.32. The van der Waals surface area contributed by atoms with E-state index in [1.807, 2.05) is 0 Å². The number of rotatable bonds is 2. The number of carbonyl (C=O) groups is 1. The van der Waals surface area contributed by atoms with Crippen LogP contribution in [0.25, 0.3) is 5.57 Å². The number of fused-ring (bicyclic) bond motifs is 1. The molecule has 0 bridgehead atoms. The van der Waals surface area contributed by atoms with E-state index in [-0.39, 0.29) is 18.2 Å².